The predicted octanol–water partition coefficient (Wildman–Crippen LogP) is -0.286. The van der Waals surface area contributed by atoms with E-state index in [1.807, 2.05) is 6.92 Å². The minimum Gasteiger partial charge on any atom is -0.393 e. The fourth-order valence-electron chi connectivity index (χ4n) is 0.798. The summed E-state index contributed by atoms with van der Waals surface area (Å²) in [5.41, 5.74) is 5.45. The van der Waals surface area contributed by atoms with Gasteiger partial charge in [0.15, 0.2) is 0 Å². The number of aliphatic hydroxyl groups excluding tert-OH is 1. The first-order valence-corrected chi connectivity index (χ1v) is 2.65. The van der Waals surface area contributed by atoms with E-state index in [2.05, 4.69) is 0 Å². The highest BCUT2D eigenvalue weighted by molar-refractivity contribution is 4.88. The van der Waals surface area contributed by atoms with Gasteiger partial charge in [0, 0.05) is 6.04 Å². The first kappa shape index (κ1) is 5.06. The topological polar surface area (TPSA) is 46.2 Å². The average molecular weight is 101 g/mol. The first-order chi connectivity index (χ1) is 3.22. The lowest BCUT2D eigenvalue weighted by atomic mass is 9.79. The molecule has 0 aromatic heterocycles. The number of hydrogen-bond acceptors (Lipinski definition) is 2. The normalized spacial score (nSPS) is 51.0. The van der Waals surface area contributed by atoms with Crippen LogP contribution < -0.4 is 5.73 Å². The van der Waals surface area contributed by atoms with Gasteiger partial charge in [-0.3, -0.25) is 0 Å². The van der Waals surface area contributed by atoms with Gasteiger partial charge in [0.1, 0.15) is 0 Å². The molecule has 0 heterocycles. The molecular weight excluding hydrogens is 90.1 g/mol. The predicted molar refractivity (Wildman–Crippen MR) is 27.8 cm³/mol. The minimum atomic E-state index is -0.116. The van der Waals surface area contributed by atoms with Gasteiger partial charge in [-0.1, -0.05) is 6.92 Å². The molecule has 0 radical (unpaired) electrons. The average Bonchev–Trinajstić information content (AvgIpc) is 1.68. The van der Waals surface area contributed by atoms with Crippen molar-refractivity contribution < 1.29 is 5.11 Å². The van der Waals surface area contributed by atoms with Gasteiger partial charge in [-0.2, -0.15) is 0 Å². The Bertz CT molecular complexity index is 66.5. The molecule has 2 heteroatoms. The van der Waals surface area contributed by atoms with Crippen LogP contribution in [0.2, 0.25) is 0 Å². The summed E-state index contributed by atoms with van der Waals surface area (Å²) in [4.78, 5) is 0. The molecule has 3 atom stereocenters. The van der Waals surface area contributed by atoms with E-state index < -0.39 is 0 Å². The summed E-state index contributed by atoms with van der Waals surface area (Å²) < 4.78 is 0. The second kappa shape index (κ2) is 1.46. The maximum absolute atomic E-state index is 8.81. The van der Waals surface area contributed by atoms with Crippen LogP contribution in [0, 0.1) is 5.92 Å². The number of rotatable bonds is 0. The van der Waals surface area contributed by atoms with Crippen LogP contribution in [0.25, 0.3) is 0 Å². The molecule has 0 saturated heterocycles. The Morgan fingerprint density at radius 1 is 1.71 bits per heavy atom. The molecule has 1 fully saturated rings. The van der Waals surface area contributed by atoms with Gasteiger partial charge in [-0.15, -0.1) is 0 Å². The lowest BCUT2D eigenvalue weighted by Crippen LogP contribution is -2.49. The van der Waals surface area contributed by atoms with Crippen molar-refractivity contribution in [2.24, 2.45) is 11.7 Å². The Morgan fingerprint density at radius 2 is 2.29 bits per heavy atom. The van der Waals surface area contributed by atoms with Crippen molar-refractivity contribution in [3.63, 3.8) is 0 Å². The summed E-state index contributed by atoms with van der Waals surface area (Å²) in [6, 6.07) is 0.259. The molecule has 0 amide bonds. The third kappa shape index (κ3) is 0.640. The fraction of sp³-hybridized carbons (Fsp3) is 1.00. The van der Waals surface area contributed by atoms with Crippen LogP contribution in [-0.4, -0.2) is 17.3 Å². The smallest absolute Gasteiger partial charge is 0.0595 e. The molecule has 1 aliphatic rings. The molecule has 1 rings (SSSR count). The Labute approximate surface area is 43.3 Å². The monoisotopic (exact) mass is 101 g/mol. The van der Waals surface area contributed by atoms with E-state index in [1.165, 1.54) is 0 Å². The molecule has 42 valence electrons. The molecule has 0 spiro atoms. The first-order valence-electron chi connectivity index (χ1n) is 2.65. The minimum absolute atomic E-state index is 0.116. The van der Waals surface area contributed by atoms with Crippen molar-refractivity contribution >= 4 is 0 Å². The van der Waals surface area contributed by atoms with E-state index in [1.54, 1.807) is 0 Å². The molecule has 2 nitrogen and oxygen atoms in total. The summed E-state index contributed by atoms with van der Waals surface area (Å²) in [5.74, 6) is 0.333. The summed E-state index contributed by atoms with van der Waals surface area (Å²) in [6.45, 7) is 1.97. The summed E-state index contributed by atoms with van der Waals surface area (Å²) in [5, 5.41) is 8.81. The van der Waals surface area contributed by atoms with Gasteiger partial charge >= 0.3 is 0 Å². The highest BCUT2D eigenvalue weighted by Gasteiger charge is 2.32. The highest BCUT2D eigenvalue weighted by Crippen LogP contribution is 2.24. The third-order valence-corrected chi connectivity index (χ3v) is 1.80. The molecule has 3 N–H and O–H groups in total. The molecule has 0 aliphatic heterocycles. The van der Waals surface area contributed by atoms with Crippen LogP contribution in [-0.2, 0) is 0 Å². The van der Waals surface area contributed by atoms with Crippen LogP contribution in [0.1, 0.15) is 13.3 Å². The van der Waals surface area contributed by atoms with Gasteiger partial charge in [0.25, 0.3) is 0 Å². The number of nitrogens with two attached hydrogens (primary N) is 1. The zero-order chi connectivity index (χ0) is 5.44. The van der Waals surface area contributed by atoms with E-state index in [9.17, 15) is 0 Å². The van der Waals surface area contributed by atoms with Gasteiger partial charge < -0.3 is 10.8 Å². The number of aliphatic hydroxyl groups is 1. The second-order valence-corrected chi connectivity index (χ2v) is 2.33. The highest BCUT2D eigenvalue weighted by atomic mass is 16.3. The van der Waals surface area contributed by atoms with Crippen molar-refractivity contribution in [3.05, 3.63) is 0 Å². The standard InChI is InChI=1S/C5H11NO/c1-3-4(6)2-5(3)7/h3-5,7H,2,6H2,1H3. The van der Waals surface area contributed by atoms with Crippen LogP contribution in [0.15, 0.2) is 0 Å². The molecule has 1 saturated carbocycles. The van der Waals surface area contributed by atoms with Gasteiger partial charge in [0.05, 0.1) is 6.10 Å². The van der Waals surface area contributed by atoms with Gasteiger partial charge in [-0.25, -0.2) is 0 Å². The largest absolute Gasteiger partial charge is 0.393 e. The van der Waals surface area contributed by atoms with E-state index >= 15 is 0 Å². The SMILES string of the molecule is CC1C(N)CC1O. The Balaban J connectivity index is 2.29. The van der Waals surface area contributed by atoms with E-state index in [0.29, 0.717) is 5.92 Å². The maximum Gasteiger partial charge on any atom is 0.0595 e. The van der Waals surface area contributed by atoms with Crippen molar-refractivity contribution in [3.8, 4) is 0 Å². The van der Waals surface area contributed by atoms with Crippen molar-refractivity contribution in [1.29, 1.82) is 0 Å². The maximum atomic E-state index is 8.81. The molecule has 7 heavy (non-hydrogen) atoms. The quantitative estimate of drug-likeness (QED) is 0.440. The Hall–Kier alpha value is -0.0800. The lowest BCUT2D eigenvalue weighted by molar-refractivity contribution is 0.0149. The van der Waals surface area contributed by atoms with Crippen molar-refractivity contribution in [2.75, 3.05) is 0 Å². The van der Waals surface area contributed by atoms with Crippen LogP contribution in [0.5, 0.6) is 0 Å². The zero-order valence-corrected chi connectivity index (χ0v) is 4.46. The van der Waals surface area contributed by atoms with Gasteiger partial charge in [-0.05, 0) is 12.3 Å². The summed E-state index contributed by atoms with van der Waals surface area (Å²) in [7, 11) is 0. The van der Waals surface area contributed by atoms with Crippen LogP contribution >= 0.6 is 0 Å². The molecule has 0 aromatic carbocycles. The van der Waals surface area contributed by atoms with Crippen LogP contribution in [0.3, 0.4) is 0 Å². The molecule has 3 unspecified atom stereocenters. The van der Waals surface area contributed by atoms with Crippen molar-refractivity contribution in [2.45, 2.75) is 25.5 Å². The van der Waals surface area contributed by atoms with Gasteiger partial charge in [0.2, 0.25) is 0 Å². The van der Waals surface area contributed by atoms with E-state index in [-0.39, 0.29) is 12.1 Å². The zero-order valence-electron chi connectivity index (χ0n) is 4.46. The van der Waals surface area contributed by atoms with E-state index in [0.717, 1.165) is 6.42 Å². The molecule has 0 bridgehead atoms. The van der Waals surface area contributed by atoms with Crippen molar-refractivity contribution in [1.82, 2.24) is 0 Å². The third-order valence-electron chi connectivity index (χ3n) is 1.80. The fourth-order valence-corrected chi connectivity index (χ4v) is 0.798. The lowest BCUT2D eigenvalue weighted by Gasteiger charge is -2.36. The second-order valence-electron chi connectivity index (χ2n) is 2.33. The van der Waals surface area contributed by atoms with E-state index in [4.69, 9.17) is 10.8 Å². The summed E-state index contributed by atoms with van der Waals surface area (Å²) >= 11 is 0. The summed E-state index contributed by atoms with van der Waals surface area (Å²) in [6.07, 6.45) is 0.677. The van der Waals surface area contributed by atoms with Crippen LogP contribution in [0.4, 0.5) is 0 Å². The molecule has 1 aliphatic carbocycles. The molecule has 0 aromatic rings. The Morgan fingerprint density at radius 3 is 2.29 bits per heavy atom. The Kier molecular flexibility index (Phi) is 1.05. The molecular formula is C5H11NO. The number of hydrogen-bond donors (Lipinski definition) is 2.